The van der Waals surface area contributed by atoms with E-state index >= 15 is 0 Å². The molecule has 0 bridgehead atoms. The average Bonchev–Trinajstić information content (AvgIpc) is 0.965. The van der Waals surface area contributed by atoms with Crippen molar-refractivity contribution in [2.75, 3.05) is 76.6 Å². The molecule has 0 amide bonds. The van der Waals surface area contributed by atoms with Crippen molar-refractivity contribution in [1.82, 2.24) is 0 Å². The van der Waals surface area contributed by atoms with Gasteiger partial charge in [0.25, 0.3) is 0 Å². The van der Waals surface area contributed by atoms with Crippen molar-refractivity contribution in [3.8, 4) is 0 Å². The normalized spacial score (nSPS) is 13.9. The molecule has 0 saturated carbocycles. The Morgan fingerprint density at radius 1 is 0.110 bits per heavy atom. The van der Waals surface area contributed by atoms with Gasteiger partial charge in [-0.05, 0) is 77.0 Å². The first kappa shape index (κ1) is 159. The van der Waals surface area contributed by atoms with Crippen LogP contribution < -0.4 is 29.4 Å². The van der Waals surface area contributed by atoms with Gasteiger partial charge in [0.1, 0.15) is 45.6 Å². The fourth-order valence-electron chi connectivity index (χ4n) is 17.7. The fraction of sp³-hybridized carbons (Fsp3) is 1.00. The summed E-state index contributed by atoms with van der Waals surface area (Å²) in [6.07, 6.45) is 116. The minimum atomic E-state index is -3.58. The molecule has 0 saturated heterocycles. The summed E-state index contributed by atoms with van der Waals surface area (Å²) in [7, 11) is -21.5. The Labute approximate surface area is 920 Å². The molecule has 6 atom stereocenters. The zero-order valence-corrected chi connectivity index (χ0v) is 106. The van der Waals surface area contributed by atoms with Gasteiger partial charge in [-0.2, -0.15) is 0 Å². The second-order valence-corrected chi connectivity index (χ2v) is 54.3. The minimum absolute atomic E-state index is 0. The van der Waals surface area contributed by atoms with Crippen LogP contribution in [0.2, 0.25) is 0 Å². The molecule has 6 unspecified atom stereocenters. The molecule has 0 aliphatic rings. The second-order valence-electron chi connectivity index (χ2n) is 42.7. The van der Waals surface area contributed by atoms with Gasteiger partial charge in [0.2, 0.25) is 0 Å². The van der Waals surface area contributed by atoms with Crippen LogP contribution in [0.25, 0.3) is 0 Å². The summed E-state index contributed by atoms with van der Waals surface area (Å²) >= 11 is 0. The predicted molar refractivity (Wildman–Crippen MR) is 622 cm³/mol. The van der Waals surface area contributed by atoms with Crippen LogP contribution in [0.5, 0.6) is 0 Å². The van der Waals surface area contributed by atoms with Gasteiger partial charge < -0.3 is 83.9 Å². The molecule has 0 aromatic rings. The van der Waals surface area contributed by atoms with E-state index in [0.717, 1.165) is 193 Å². The molecule has 145 heavy (non-hydrogen) atoms. The topological polar surface area (TPSA) is 296 Å². The smallest absolute Gasteiger partial charge is 0.134 e. The van der Waals surface area contributed by atoms with Crippen molar-refractivity contribution in [3.05, 3.63) is 0 Å². The first-order valence-electron chi connectivity index (χ1n) is 63.4. The van der Waals surface area contributed by atoms with E-state index in [2.05, 4.69) is 83.1 Å². The van der Waals surface area contributed by atoms with Crippen molar-refractivity contribution in [1.29, 1.82) is 0 Å². The Morgan fingerprint density at radius 2 is 0.172 bits per heavy atom. The molecule has 0 fully saturated rings. The average molecular weight is 2270 g/mol. The summed E-state index contributed by atoms with van der Waals surface area (Å²) in [5.74, 6) is 0. The van der Waals surface area contributed by atoms with E-state index in [-0.39, 0.29) is 58.0 Å². The Kier molecular flexibility index (Phi) is 146. The third-order valence-electron chi connectivity index (χ3n) is 27.4. The Morgan fingerprint density at radius 3 is 0.248 bits per heavy atom. The van der Waals surface area contributed by atoms with Gasteiger partial charge in [-0.3, -0.25) is 0 Å². The van der Waals surface area contributed by atoms with Gasteiger partial charge in [0.15, 0.2) is 0 Å². The maximum Gasteiger partial charge on any atom is 0.134 e. The Bertz CT molecular complexity index is 2230. The van der Waals surface area contributed by atoms with E-state index in [1.54, 1.807) is 0 Å². The summed E-state index contributed by atoms with van der Waals surface area (Å²) in [5.41, 5.74) is 0. The standard InChI is InChI=1S/6C20H43O3P.Mo/c6*1-3-5-7-9-11-13-15-17-19-23-24(21,22)20-18-16-14-12-10-8-6-4-2;/h6*3-20H2,1-2H3,(H,21,22);/p-6. The Hall–Kier alpha value is 1.59. The van der Waals surface area contributed by atoms with Crippen LogP contribution >= 0.6 is 45.6 Å². The van der Waals surface area contributed by atoms with Crippen LogP contribution in [0.15, 0.2) is 0 Å². The molecule has 0 heterocycles. The largest absolute Gasteiger partial charge is 0.778 e. The van der Waals surface area contributed by atoms with E-state index in [1.807, 2.05) is 0 Å². The summed E-state index contributed by atoms with van der Waals surface area (Å²) in [4.78, 5) is 70.9. The zero-order valence-electron chi connectivity index (χ0n) is 98.8. The van der Waals surface area contributed by atoms with E-state index in [1.165, 1.54) is 424 Å². The van der Waals surface area contributed by atoms with Crippen molar-refractivity contribution < 1.29 is 105 Å². The third kappa shape index (κ3) is 154. The summed E-state index contributed by atoms with van der Waals surface area (Å²) in [5, 5.41) is 0. The molecule has 0 N–H and O–H groups in total. The van der Waals surface area contributed by atoms with Gasteiger partial charge in [-0.15, -0.1) is 0 Å². The molecule has 0 aliphatic heterocycles. The number of hydrogen-bond acceptors (Lipinski definition) is 18. The molecule has 0 aliphatic carbocycles. The van der Waals surface area contributed by atoms with E-state index in [9.17, 15) is 56.8 Å². The first-order valence-corrected chi connectivity index (χ1v) is 73.8. The monoisotopic (exact) mass is 2270 g/mol. The van der Waals surface area contributed by atoms with Crippen LogP contribution in [0, 0.1) is 0 Å². The third-order valence-corrected chi connectivity index (χ3v) is 36.1. The SMILES string of the molecule is CCCCCCCCCCOP(=O)([O-])CCCCCCCCCC.CCCCCCCCCCOP(=O)([O-])CCCCCCCCCC.CCCCCCCCCCOP(=O)([O-])CCCCCCCCCC.CCCCCCCCCCOP(=O)([O-])CCCCCCCCCC.CCCCCCCCCCOP(=O)([O-])CCCCCCCCCC.CCCCCCCCCCOP(=O)([O-])CCCCCCCCCC.[Mo]. The van der Waals surface area contributed by atoms with E-state index < -0.39 is 45.6 Å². The van der Waals surface area contributed by atoms with Gasteiger partial charge in [-0.25, -0.2) is 0 Å². The molecule has 18 nitrogen and oxygen atoms in total. The summed E-state index contributed by atoms with van der Waals surface area (Å²) in [6.45, 7) is 29.0. The van der Waals surface area contributed by atoms with Crippen LogP contribution in [0.3, 0.4) is 0 Å². The molecule has 0 radical (unpaired) electrons. The molecular weight excluding hydrogens is 2010 g/mol. The maximum absolute atomic E-state index is 11.8. The summed E-state index contributed by atoms with van der Waals surface area (Å²) in [6, 6.07) is 0. The van der Waals surface area contributed by atoms with Crippen LogP contribution in [-0.2, 0) is 75.6 Å². The molecule has 0 aromatic carbocycles. The molecule has 0 aromatic heterocycles. The van der Waals surface area contributed by atoms with Crippen LogP contribution in [0.4, 0.5) is 0 Å². The number of unbranched alkanes of at least 4 members (excludes halogenated alkanes) is 84. The van der Waals surface area contributed by atoms with Crippen molar-refractivity contribution in [2.45, 2.75) is 699 Å². The number of hydrogen-bond donors (Lipinski definition) is 0. The quantitative estimate of drug-likeness (QED) is 0.0310. The number of rotatable bonds is 114. The molecular formula is C120H252MoO18P6-6. The van der Waals surface area contributed by atoms with E-state index in [0.29, 0.717) is 39.6 Å². The van der Waals surface area contributed by atoms with Crippen molar-refractivity contribution in [2.24, 2.45) is 0 Å². The van der Waals surface area contributed by atoms with Gasteiger partial charge in [0, 0.05) is 58.0 Å². The molecule has 0 rings (SSSR count). The fourth-order valence-corrected chi connectivity index (χ4v) is 24.5. The maximum atomic E-state index is 11.8. The van der Waals surface area contributed by atoms with Crippen molar-refractivity contribution in [3.63, 3.8) is 0 Å². The minimum Gasteiger partial charge on any atom is -0.778 e. The van der Waals surface area contributed by atoms with Gasteiger partial charge in [0.05, 0.1) is 39.6 Å². The zero-order chi connectivity index (χ0) is 108. The predicted octanol–water partition coefficient (Wildman–Crippen LogP) is 41.0. The van der Waals surface area contributed by atoms with Gasteiger partial charge in [-0.1, -0.05) is 622 Å². The Balaban J connectivity index is -0.000000315. The second kappa shape index (κ2) is 132. The van der Waals surface area contributed by atoms with Crippen LogP contribution in [0.1, 0.15) is 699 Å². The molecule has 0 spiro atoms. The van der Waals surface area contributed by atoms with Crippen LogP contribution in [-0.4, -0.2) is 76.6 Å². The molecule has 25 heteroatoms. The van der Waals surface area contributed by atoms with Gasteiger partial charge >= 0.3 is 0 Å². The molecule has 882 valence electrons. The van der Waals surface area contributed by atoms with E-state index in [4.69, 9.17) is 27.1 Å². The van der Waals surface area contributed by atoms with Crippen molar-refractivity contribution >= 4 is 45.6 Å². The summed E-state index contributed by atoms with van der Waals surface area (Å²) < 4.78 is 102. The first-order chi connectivity index (χ1) is 69.7.